The highest BCUT2D eigenvalue weighted by molar-refractivity contribution is 5.77. The van der Waals surface area contributed by atoms with Crippen molar-refractivity contribution in [2.24, 2.45) is 5.92 Å². The lowest BCUT2D eigenvalue weighted by Crippen LogP contribution is -2.46. The average Bonchev–Trinajstić information content (AvgIpc) is 3.02. The summed E-state index contributed by atoms with van der Waals surface area (Å²) in [5, 5.41) is 0.301. The van der Waals surface area contributed by atoms with Gasteiger partial charge in [0.1, 0.15) is 6.10 Å². The van der Waals surface area contributed by atoms with Crippen molar-refractivity contribution < 1.29 is 31.4 Å². The first-order valence-corrected chi connectivity index (χ1v) is 9.73. The summed E-state index contributed by atoms with van der Waals surface area (Å²) in [6, 6.07) is 4.64. The molecule has 0 spiro atoms. The molecule has 1 saturated heterocycles. The number of aromatic amines is 1. The van der Waals surface area contributed by atoms with Gasteiger partial charge in [0.2, 0.25) is 5.82 Å². The fourth-order valence-electron chi connectivity index (χ4n) is 4.35. The van der Waals surface area contributed by atoms with Crippen LogP contribution in [-0.2, 0) is 4.74 Å². The fraction of sp³-hybridized carbons (Fsp3) is 0.364. The van der Waals surface area contributed by atoms with E-state index in [4.69, 9.17) is 9.47 Å². The van der Waals surface area contributed by atoms with Gasteiger partial charge in [-0.05, 0) is 19.1 Å². The van der Waals surface area contributed by atoms with E-state index < -0.39 is 52.5 Å². The molecule has 3 heterocycles. The van der Waals surface area contributed by atoms with Crippen molar-refractivity contribution in [3.05, 3.63) is 69.8 Å². The number of rotatable bonds is 3. The van der Waals surface area contributed by atoms with E-state index in [0.29, 0.717) is 10.9 Å². The van der Waals surface area contributed by atoms with Crippen LogP contribution in [0.2, 0.25) is 0 Å². The standard InChI is InChI=1S/C22H19F5N2O3/c1-10-17(12-4-5-13(23)18(24)19(12)31-3)20(32-21(10,2)22(25,26)27)14-8-16(30)11-6-7-28-9-15(11)29-14/h4-10,17,20H,1-3H3,(H,29,30)/t10-,17-,20-,21+/m0/s1. The topological polar surface area (TPSA) is 64.2 Å². The van der Waals surface area contributed by atoms with E-state index in [2.05, 4.69) is 9.97 Å². The molecule has 5 nitrogen and oxygen atoms in total. The summed E-state index contributed by atoms with van der Waals surface area (Å²) in [7, 11) is 1.10. The number of nitrogens with zero attached hydrogens (tertiary/aromatic N) is 1. The number of pyridine rings is 2. The van der Waals surface area contributed by atoms with Crippen molar-refractivity contribution in [1.82, 2.24) is 9.97 Å². The summed E-state index contributed by atoms with van der Waals surface area (Å²) < 4.78 is 81.0. The van der Waals surface area contributed by atoms with Crippen molar-refractivity contribution in [3.8, 4) is 5.75 Å². The van der Waals surface area contributed by atoms with Gasteiger partial charge < -0.3 is 14.5 Å². The number of aromatic nitrogens is 2. The lowest BCUT2D eigenvalue weighted by atomic mass is 9.76. The van der Waals surface area contributed by atoms with Crippen LogP contribution in [0.4, 0.5) is 22.0 Å². The molecule has 3 aromatic rings. The molecular formula is C22H19F5N2O3. The predicted octanol–water partition coefficient (Wildman–Crippen LogP) is 5.02. The molecule has 0 radical (unpaired) electrons. The van der Waals surface area contributed by atoms with Gasteiger partial charge in [0.25, 0.3) is 0 Å². The SMILES string of the molecule is COc1c([C@H]2[C@H](c3cc(=O)c4ccncc4[nH]3)O[C@@](C)(C(F)(F)F)[C@H]2C)ccc(F)c1F. The smallest absolute Gasteiger partial charge is 0.417 e. The van der Waals surface area contributed by atoms with Crippen LogP contribution in [0.3, 0.4) is 0 Å². The van der Waals surface area contributed by atoms with E-state index in [-0.39, 0.29) is 11.3 Å². The van der Waals surface area contributed by atoms with Gasteiger partial charge in [-0.3, -0.25) is 9.78 Å². The molecule has 1 aromatic carbocycles. The molecule has 2 aromatic heterocycles. The lowest BCUT2D eigenvalue weighted by Gasteiger charge is -2.32. The fourth-order valence-corrected chi connectivity index (χ4v) is 4.35. The minimum absolute atomic E-state index is 0.00371. The number of ether oxygens (including phenoxy) is 2. The average molecular weight is 454 g/mol. The number of benzene rings is 1. The molecule has 10 heteroatoms. The number of methoxy groups -OCH3 is 1. The second-order valence-corrected chi connectivity index (χ2v) is 7.95. The Morgan fingerprint density at radius 1 is 1.22 bits per heavy atom. The summed E-state index contributed by atoms with van der Waals surface area (Å²) in [6.07, 6.45) is -3.31. The first-order chi connectivity index (χ1) is 15.0. The first-order valence-electron chi connectivity index (χ1n) is 9.73. The summed E-state index contributed by atoms with van der Waals surface area (Å²) in [6.45, 7) is 2.22. The molecule has 4 rings (SSSR count). The Morgan fingerprint density at radius 2 is 1.94 bits per heavy atom. The van der Waals surface area contributed by atoms with Crippen LogP contribution in [0, 0.1) is 17.6 Å². The van der Waals surface area contributed by atoms with Crippen LogP contribution >= 0.6 is 0 Å². The quantitative estimate of drug-likeness (QED) is 0.565. The molecule has 1 aliphatic heterocycles. The van der Waals surface area contributed by atoms with Gasteiger partial charge >= 0.3 is 6.18 Å². The summed E-state index contributed by atoms with van der Waals surface area (Å²) in [5.41, 5.74) is -2.69. The third-order valence-corrected chi connectivity index (χ3v) is 6.27. The van der Waals surface area contributed by atoms with Gasteiger partial charge in [-0.15, -0.1) is 0 Å². The highest BCUT2D eigenvalue weighted by Crippen LogP contribution is 2.59. The van der Waals surface area contributed by atoms with Crippen LogP contribution in [0.25, 0.3) is 10.9 Å². The summed E-state index contributed by atoms with van der Waals surface area (Å²) in [5.74, 6) is -5.37. The molecule has 0 bridgehead atoms. The van der Waals surface area contributed by atoms with Crippen molar-refractivity contribution in [2.75, 3.05) is 7.11 Å². The molecule has 1 N–H and O–H groups in total. The molecule has 0 unspecified atom stereocenters. The van der Waals surface area contributed by atoms with E-state index in [0.717, 1.165) is 26.2 Å². The Balaban J connectivity index is 1.96. The number of halogens is 5. The van der Waals surface area contributed by atoms with E-state index >= 15 is 0 Å². The van der Waals surface area contributed by atoms with Crippen LogP contribution in [-0.4, -0.2) is 28.9 Å². The Labute approximate surface area is 179 Å². The Morgan fingerprint density at radius 3 is 2.59 bits per heavy atom. The number of nitrogens with one attached hydrogen (secondary N) is 1. The largest absolute Gasteiger partial charge is 0.493 e. The van der Waals surface area contributed by atoms with Crippen molar-refractivity contribution in [2.45, 2.75) is 37.6 Å². The zero-order chi connectivity index (χ0) is 23.4. The molecule has 1 fully saturated rings. The molecule has 0 saturated carbocycles. The van der Waals surface area contributed by atoms with E-state index in [9.17, 15) is 26.7 Å². The molecule has 4 atom stereocenters. The van der Waals surface area contributed by atoms with Crippen LogP contribution in [0.1, 0.15) is 37.1 Å². The molecule has 0 amide bonds. The van der Waals surface area contributed by atoms with Crippen LogP contribution in [0.5, 0.6) is 5.75 Å². The number of H-pyrrole nitrogens is 1. The normalized spacial score (nSPS) is 25.9. The number of hydrogen-bond donors (Lipinski definition) is 1. The Bertz CT molecular complexity index is 1240. The summed E-state index contributed by atoms with van der Waals surface area (Å²) >= 11 is 0. The Kier molecular flexibility index (Phi) is 5.23. The second-order valence-electron chi connectivity index (χ2n) is 7.95. The van der Waals surface area contributed by atoms with E-state index in [1.54, 1.807) is 0 Å². The van der Waals surface area contributed by atoms with E-state index in [1.165, 1.54) is 31.5 Å². The van der Waals surface area contributed by atoms with Gasteiger partial charge in [0, 0.05) is 40.7 Å². The monoisotopic (exact) mass is 454 g/mol. The third kappa shape index (κ3) is 3.24. The third-order valence-electron chi connectivity index (χ3n) is 6.27. The van der Waals surface area contributed by atoms with Crippen LogP contribution in [0.15, 0.2) is 41.5 Å². The molecule has 32 heavy (non-hydrogen) atoms. The highest BCUT2D eigenvalue weighted by atomic mass is 19.4. The number of hydrogen-bond acceptors (Lipinski definition) is 4. The van der Waals surface area contributed by atoms with E-state index in [1.807, 2.05) is 0 Å². The second kappa shape index (κ2) is 7.54. The first kappa shape index (κ1) is 22.2. The minimum Gasteiger partial charge on any atom is -0.493 e. The van der Waals surface area contributed by atoms with Gasteiger partial charge in [-0.2, -0.15) is 17.6 Å². The zero-order valence-electron chi connectivity index (χ0n) is 17.3. The van der Waals surface area contributed by atoms with Crippen LogP contribution < -0.4 is 10.2 Å². The van der Waals surface area contributed by atoms with Crippen molar-refractivity contribution in [3.63, 3.8) is 0 Å². The molecule has 0 aliphatic carbocycles. The minimum atomic E-state index is -4.77. The van der Waals surface area contributed by atoms with Crippen molar-refractivity contribution in [1.29, 1.82) is 0 Å². The maximum atomic E-state index is 14.4. The maximum absolute atomic E-state index is 14.4. The number of alkyl halides is 3. The lowest BCUT2D eigenvalue weighted by molar-refractivity contribution is -0.275. The Hall–Kier alpha value is -3.01. The van der Waals surface area contributed by atoms with Gasteiger partial charge in [0.05, 0.1) is 18.8 Å². The molecule has 170 valence electrons. The zero-order valence-corrected chi connectivity index (χ0v) is 17.3. The van der Waals surface area contributed by atoms with Crippen molar-refractivity contribution >= 4 is 10.9 Å². The highest BCUT2D eigenvalue weighted by Gasteiger charge is 2.65. The molecule has 1 aliphatic rings. The van der Waals surface area contributed by atoms with Gasteiger partial charge in [-0.1, -0.05) is 13.0 Å². The summed E-state index contributed by atoms with van der Waals surface area (Å²) in [4.78, 5) is 19.4. The molecular weight excluding hydrogens is 435 g/mol. The maximum Gasteiger partial charge on any atom is 0.417 e. The van der Waals surface area contributed by atoms with Gasteiger partial charge in [-0.25, -0.2) is 4.39 Å². The van der Waals surface area contributed by atoms with Gasteiger partial charge in [0.15, 0.2) is 22.6 Å². The number of fused-ring (bicyclic) bond motifs is 1. The predicted molar refractivity (Wildman–Crippen MR) is 105 cm³/mol.